The van der Waals surface area contributed by atoms with E-state index < -0.39 is 11.9 Å². The summed E-state index contributed by atoms with van der Waals surface area (Å²) in [5, 5.41) is 3.68. The van der Waals surface area contributed by atoms with Crippen molar-refractivity contribution in [1.29, 1.82) is 0 Å². The van der Waals surface area contributed by atoms with Crippen LogP contribution in [0.25, 0.3) is 11.5 Å². The van der Waals surface area contributed by atoms with Crippen LogP contribution >= 0.6 is 0 Å². The fourth-order valence-electron chi connectivity index (χ4n) is 4.21. The van der Waals surface area contributed by atoms with Crippen LogP contribution in [0.4, 0.5) is 13.2 Å². The third kappa shape index (κ3) is 3.90. The van der Waals surface area contributed by atoms with Gasteiger partial charge in [0, 0.05) is 49.0 Å². The van der Waals surface area contributed by atoms with Gasteiger partial charge >= 0.3 is 6.18 Å². The molecule has 0 radical (unpaired) electrons. The van der Waals surface area contributed by atoms with Crippen LogP contribution in [0, 0.1) is 0 Å². The van der Waals surface area contributed by atoms with Crippen molar-refractivity contribution in [2.75, 3.05) is 13.1 Å². The quantitative estimate of drug-likeness (QED) is 0.497. The van der Waals surface area contributed by atoms with E-state index in [-0.39, 0.29) is 11.7 Å². The first-order valence-electron chi connectivity index (χ1n) is 10.1. The van der Waals surface area contributed by atoms with Crippen LogP contribution in [0.2, 0.25) is 0 Å². The van der Waals surface area contributed by atoms with Crippen LogP contribution in [-0.2, 0) is 12.7 Å². The predicted molar refractivity (Wildman–Crippen MR) is 107 cm³/mol. The minimum Gasteiger partial charge on any atom is -0.319 e. The van der Waals surface area contributed by atoms with E-state index in [1.165, 1.54) is 0 Å². The third-order valence-corrected chi connectivity index (χ3v) is 5.65. The lowest BCUT2D eigenvalue weighted by Crippen LogP contribution is -2.35. The first kappa shape index (κ1) is 19.7. The number of aromatic nitrogens is 6. The first-order valence-corrected chi connectivity index (χ1v) is 10.1. The second-order valence-electron chi connectivity index (χ2n) is 7.69. The van der Waals surface area contributed by atoms with Gasteiger partial charge < -0.3 is 4.57 Å². The molecule has 10 heteroatoms. The van der Waals surface area contributed by atoms with Gasteiger partial charge in [-0.05, 0) is 49.7 Å². The molecule has 1 atom stereocenters. The van der Waals surface area contributed by atoms with E-state index in [9.17, 15) is 13.2 Å². The first-order chi connectivity index (χ1) is 15.0. The number of fused-ring (bicyclic) bond motifs is 1. The van der Waals surface area contributed by atoms with Crippen molar-refractivity contribution in [3.05, 3.63) is 72.3 Å². The number of likely N-dealkylation sites (tertiary alicyclic amines) is 1. The average Bonchev–Trinajstić information content (AvgIpc) is 3.42. The molecule has 0 saturated carbocycles. The number of hydrogen-bond donors (Lipinski definition) is 0. The Morgan fingerprint density at radius 2 is 1.97 bits per heavy atom. The van der Waals surface area contributed by atoms with Crippen molar-refractivity contribution in [2.24, 2.45) is 0 Å². The molecule has 0 aliphatic carbocycles. The van der Waals surface area contributed by atoms with Crippen molar-refractivity contribution in [3.63, 3.8) is 0 Å². The molecule has 160 valence electrons. The zero-order chi connectivity index (χ0) is 21.4. The van der Waals surface area contributed by atoms with Gasteiger partial charge in [-0.3, -0.25) is 9.88 Å². The highest BCUT2D eigenvalue weighted by molar-refractivity contribution is 5.34. The molecular formula is C21H20F3N7. The Labute approximate surface area is 176 Å². The molecule has 0 aromatic carbocycles. The number of halogens is 3. The van der Waals surface area contributed by atoms with Crippen molar-refractivity contribution < 1.29 is 13.2 Å². The molecule has 4 aromatic heterocycles. The van der Waals surface area contributed by atoms with E-state index in [1.807, 2.05) is 24.4 Å². The topological polar surface area (TPSA) is 64.1 Å². The largest absolute Gasteiger partial charge is 0.433 e. The molecule has 1 aliphatic heterocycles. The summed E-state index contributed by atoms with van der Waals surface area (Å²) in [7, 11) is 0. The summed E-state index contributed by atoms with van der Waals surface area (Å²) in [5.41, 5.74) is 1.72. The smallest absolute Gasteiger partial charge is 0.319 e. The fourth-order valence-corrected chi connectivity index (χ4v) is 4.21. The minimum atomic E-state index is -4.52. The maximum atomic E-state index is 13.5. The molecule has 4 aromatic rings. The predicted octanol–water partition coefficient (Wildman–Crippen LogP) is 3.71. The molecule has 5 heterocycles. The lowest BCUT2D eigenvalue weighted by Gasteiger charge is -2.32. The summed E-state index contributed by atoms with van der Waals surface area (Å²) < 4.78 is 43.5. The summed E-state index contributed by atoms with van der Waals surface area (Å²) in [4.78, 5) is 14.6. The highest BCUT2D eigenvalue weighted by Crippen LogP contribution is 2.33. The molecule has 31 heavy (non-hydrogen) atoms. The fraction of sp³-hybridized carbons (Fsp3) is 0.333. The van der Waals surface area contributed by atoms with E-state index in [4.69, 9.17) is 0 Å². The number of rotatable bonds is 4. The van der Waals surface area contributed by atoms with Gasteiger partial charge in [-0.1, -0.05) is 0 Å². The number of piperidine rings is 1. The van der Waals surface area contributed by atoms with Gasteiger partial charge in [-0.25, -0.2) is 4.98 Å². The molecule has 5 rings (SSSR count). The van der Waals surface area contributed by atoms with Gasteiger partial charge in [0.15, 0.2) is 5.69 Å². The molecule has 0 spiro atoms. The third-order valence-electron chi connectivity index (χ3n) is 5.65. The van der Waals surface area contributed by atoms with Crippen molar-refractivity contribution in [2.45, 2.75) is 31.5 Å². The highest BCUT2D eigenvalue weighted by Gasteiger charge is 2.36. The zero-order valence-corrected chi connectivity index (χ0v) is 16.6. The van der Waals surface area contributed by atoms with Crippen LogP contribution in [0.3, 0.4) is 0 Å². The molecule has 1 fully saturated rings. The Balaban J connectivity index is 1.39. The number of hydrogen-bond acceptors (Lipinski definition) is 5. The molecule has 1 unspecified atom stereocenters. The van der Waals surface area contributed by atoms with Gasteiger partial charge in [0.1, 0.15) is 6.33 Å². The van der Waals surface area contributed by atoms with Crippen LogP contribution in [0.15, 0.2) is 55.2 Å². The molecule has 0 N–H and O–H groups in total. The van der Waals surface area contributed by atoms with Crippen LogP contribution in [0.5, 0.6) is 0 Å². The summed E-state index contributed by atoms with van der Waals surface area (Å²) in [5.74, 6) is -0.116. The maximum absolute atomic E-state index is 13.5. The van der Waals surface area contributed by atoms with Gasteiger partial charge in [0.2, 0.25) is 0 Å². The van der Waals surface area contributed by atoms with Gasteiger partial charge in [-0.15, -0.1) is 0 Å². The molecule has 7 nitrogen and oxygen atoms in total. The molecule has 0 bridgehead atoms. The number of nitrogens with zero attached hydrogens (tertiary/aromatic N) is 7. The normalized spacial score (nSPS) is 18.0. The Kier molecular flexibility index (Phi) is 4.93. The summed E-state index contributed by atoms with van der Waals surface area (Å²) >= 11 is 0. The lowest BCUT2D eigenvalue weighted by molar-refractivity contribution is -0.142. The second kappa shape index (κ2) is 7.77. The highest BCUT2D eigenvalue weighted by atomic mass is 19.4. The molecule has 1 saturated heterocycles. The lowest BCUT2D eigenvalue weighted by atomic mass is 9.94. The maximum Gasteiger partial charge on any atom is 0.433 e. The van der Waals surface area contributed by atoms with Crippen molar-refractivity contribution in [1.82, 2.24) is 34.0 Å². The monoisotopic (exact) mass is 427 g/mol. The van der Waals surface area contributed by atoms with E-state index >= 15 is 0 Å². The Bertz CT molecular complexity index is 1180. The zero-order valence-electron chi connectivity index (χ0n) is 16.6. The number of alkyl halides is 3. The Hall–Kier alpha value is -3.27. The Morgan fingerprint density at radius 1 is 1.13 bits per heavy atom. The van der Waals surface area contributed by atoms with Crippen LogP contribution in [-0.4, -0.2) is 47.1 Å². The summed E-state index contributed by atoms with van der Waals surface area (Å²) in [6.45, 7) is 2.22. The summed E-state index contributed by atoms with van der Waals surface area (Å²) in [6.07, 6.45) is 3.76. The van der Waals surface area contributed by atoms with Gasteiger partial charge in [0.05, 0.1) is 5.69 Å². The summed E-state index contributed by atoms with van der Waals surface area (Å²) in [6, 6.07) is 9.06. The van der Waals surface area contributed by atoms with E-state index in [0.29, 0.717) is 18.8 Å². The van der Waals surface area contributed by atoms with Gasteiger partial charge in [0.25, 0.3) is 5.78 Å². The van der Waals surface area contributed by atoms with Crippen LogP contribution in [0.1, 0.15) is 35.8 Å². The standard InChI is InChI=1S/C21H20F3N7/c22-21(23,24)19-11-18(28-20-26-14-27-31(19)20)15-3-1-9-29(12-15)13-17-4-2-10-30(17)16-5-7-25-8-6-16/h2,4-8,10-11,14-15H,1,3,9,12-13H2. The average molecular weight is 427 g/mol. The molecule has 0 amide bonds. The number of pyridine rings is 1. The molecular weight excluding hydrogens is 407 g/mol. The van der Waals surface area contributed by atoms with Gasteiger partial charge in [-0.2, -0.15) is 27.8 Å². The SMILES string of the molecule is FC(F)(F)c1cc(C2CCCN(Cc3cccn3-c3ccncc3)C2)nc2ncnn12. The van der Waals surface area contributed by atoms with E-state index in [2.05, 4.69) is 35.6 Å². The van der Waals surface area contributed by atoms with Crippen molar-refractivity contribution in [3.8, 4) is 5.69 Å². The minimum absolute atomic E-state index is 0.0199. The Morgan fingerprint density at radius 3 is 2.77 bits per heavy atom. The van der Waals surface area contributed by atoms with E-state index in [0.717, 1.165) is 47.7 Å². The van der Waals surface area contributed by atoms with Crippen LogP contribution < -0.4 is 0 Å². The van der Waals surface area contributed by atoms with Crippen molar-refractivity contribution >= 4 is 5.78 Å². The molecule has 1 aliphatic rings. The second-order valence-corrected chi connectivity index (χ2v) is 7.69. The van der Waals surface area contributed by atoms with E-state index in [1.54, 1.807) is 12.4 Å².